The van der Waals surface area contributed by atoms with Gasteiger partial charge in [0.25, 0.3) is 5.91 Å². The van der Waals surface area contributed by atoms with E-state index < -0.39 is 5.54 Å². The number of hydrogen-bond donors (Lipinski definition) is 0. The number of rotatable bonds is 4. The van der Waals surface area contributed by atoms with Crippen LogP contribution in [-0.2, 0) is 9.53 Å². The first-order valence-electron chi connectivity index (χ1n) is 8.05. The molecule has 124 valence electrons. The van der Waals surface area contributed by atoms with Crippen molar-refractivity contribution in [2.24, 2.45) is 0 Å². The van der Waals surface area contributed by atoms with E-state index in [1.54, 1.807) is 12.0 Å². The second-order valence-corrected chi connectivity index (χ2v) is 6.07. The standard InChI is InChI=1S/C16H22N4O3/c1-23-11-10-19-8-2-4-16(15(19)22)5-3-9-20(16)14(21)13-12-17-6-7-18-13/h6-7,12H,2-5,8-11H2,1H3. The molecule has 3 heterocycles. The molecule has 2 fully saturated rings. The second kappa shape index (κ2) is 6.62. The first kappa shape index (κ1) is 15.9. The highest BCUT2D eigenvalue weighted by Crippen LogP contribution is 2.38. The maximum absolute atomic E-state index is 13.0. The molecule has 7 nitrogen and oxygen atoms in total. The molecule has 0 aromatic carbocycles. The Morgan fingerprint density at radius 1 is 1.30 bits per heavy atom. The highest BCUT2D eigenvalue weighted by Gasteiger charge is 2.52. The molecule has 0 saturated carbocycles. The molecule has 1 atom stereocenters. The Morgan fingerprint density at radius 3 is 2.78 bits per heavy atom. The Morgan fingerprint density at radius 2 is 2.09 bits per heavy atom. The summed E-state index contributed by atoms with van der Waals surface area (Å²) in [6.07, 6.45) is 7.70. The second-order valence-electron chi connectivity index (χ2n) is 6.07. The van der Waals surface area contributed by atoms with Gasteiger partial charge in [-0.1, -0.05) is 0 Å². The molecule has 2 aliphatic rings. The SMILES string of the molecule is COCCN1CCCC2(CCCN2C(=O)c2cnccn2)C1=O. The highest BCUT2D eigenvalue weighted by molar-refractivity contribution is 5.98. The van der Waals surface area contributed by atoms with Gasteiger partial charge in [-0.05, 0) is 25.7 Å². The molecular weight excluding hydrogens is 296 g/mol. The summed E-state index contributed by atoms with van der Waals surface area (Å²) in [5, 5.41) is 0. The predicted octanol–water partition coefficient (Wildman–Crippen LogP) is 0.720. The van der Waals surface area contributed by atoms with E-state index in [2.05, 4.69) is 9.97 Å². The summed E-state index contributed by atoms with van der Waals surface area (Å²) in [6, 6.07) is 0. The van der Waals surface area contributed by atoms with Gasteiger partial charge in [0.2, 0.25) is 5.91 Å². The minimum absolute atomic E-state index is 0.0514. The third kappa shape index (κ3) is 2.81. The summed E-state index contributed by atoms with van der Waals surface area (Å²) >= 11 is 0. The first-order valence-corrected chi connectivity index (χ1v) is 8.05. The molecule has 0 aliphatic carbocycles. The van der Waals surface area contributed by atoms with Crippen LogP contribution in [0.1, 0.15) is 36.2 Å². The van der Waals surface area contributed by atoms with Crippen molar-refractivity contribution in [3.05, 3.63) is 24.3 Å². The number of carbonyl (C=O) groups is 2. The van der Waals surface area contributed by atoms with Gasteiger partial charge in [0.05, 0.1) is 12.8 Å². The highest BCUT2D eigenvalue weighted by atomic mass is 16.5. The van der Waals surface area contributed by atoms with E-state index in [-0.39, 0.29) is 11.8 Å². The fourth-order valence-corrected chi connectivity index (χ4v) is 3.68. The Hall–Kier alpha value is -2.02. The van der Waals surface area contributed by atoms with Crippen LogP contribution in [0.4, 0.5) is 0 Å². The van der Waals surface area contributed by atoms with Gasteiger partial charge in [-0.15, -0.1) is 0 Å². The number of amides is 2. The molecule has 7 heteroatoms. The lowest BCUT2D eigenvalue weighted by Crippen LogP contribution is -2.61. The molecule has 1 aromatic heterocycles. The Bertz CT molecular complexity index is 580. The molecule has 2 aliphatic heterocycles. The average Bonchev–Trinajstić information content (AvgIpc) is 3.01. The maximum Gasteiger partial charge on any atom is 0.274 e. The summed E-state index contributed by atoms with van der Waals surface area (Å²) in [4.78, 5) is 37.5. The van der Waals surface area contributed by atoms with E-state index in [9.17, 15) is 9.59 Å². The van der Waals surface area contributed by atoms with Gasteiger partial charge in [0.1, 0.15) is 11.2 Å². The zero-order chi connectivity index (χ0) is 16.3. The molecule has 2 amide bonds. The molecule has 0 bridgehead atoms. The van der Waals surface area contributed by atoms with E-state index in [1.165, 1.54) is 18.6 Å². The van der Waals surface area contributed by atoms with Crippen molar-refractivity contribution >= 4 is 11.8 Å². The van der Waals surface area contributed by atoms with E-state index in [1.807, 2.05) is 4.90 Å². The van der Waals surface area contributed by atoms with Crippen LogP contribution in [0, 0.1) is 0 Å². The van der Waals surface area contributed by atoms with Gasteiger partial charge < -0.3 is 14.5 Å². The van der Waals surface area contributed by atoms with Crippen LogP contribution >= 0.6 is 0 Å². The summed E-state index contributed by atoms with van der Waals surface area (Å²) < 4.78 is 5.09. The van der Waals surface area contributed by atoms with E-state index in [0.717, 1.165) is 32.2 Å². The van der Waals surface area contributed by atoms with Crippen LogP contribution < -0.4 is 0 Å². The number of ether oxygens (including phenoxy) is 1. The lowest BCUT2D eigenvalue weighted by atomic mass is 9.85. The number of methoxy groups -OCH3 is 1. The predicted molar refractivity (Wildman–Crippen MR) is 82.7 cm³/mol. The number of likely N-dealkylation sites (tertiary alicyclic amines) is 2. The van der Waals surface area contributed by atoms with E-state index in [4.69, 9.17) is 4.74 Å². The smallest absolute Gasteiger partial charge is 0.274 e. The molecule has 3 rings (SSSR count). The maximum atomic E-state index is 13.0. The third-order valence-corrected chi connectivity index (χ3v) is 4.79. The molecule has 23 heavy (non-hydrogen) atoms. The largest absolute Gasteiger partial charge is 0.383 e. The number of nitrogens with zero attached hydrogens (tertiary/aromatic N) is 4. The molecule has 1 spiro atoms. The summed E-state index contributed by atoms with van der Waals surface area (Å²) in [7, 11) is 1.63. The molecule has 2 saturated heterocycles. The number of hydrogen-bond acceptors (Lipinski definition) is 5. The van der Waals surface area contributed by atoms with Crippen molar-refractivity contribution in [2.45, 2.75) is 31.2 Å². The van der Waals surface area contributed by atoms with Crippen molar-refractivity contribution in [3.8, 4) is 0 Å². The molecule has 1 unspecified atom stereocenters. The van der Waals surface area contributed by atoms with Gasteiger partial charge in [-0.25, -0.2) is 4.98 Å². The lowest BCUT2D eigenvalue weighted by Gasteiger charge is -2.44. The summed E-state index contributed by atoms with van der Waals surface area (Å²) in [5.74, 6) is -0.145. The van der Waals surface area contributed by atoms with Crippen molar-refractivity contribution < 1.29 is 14.3 Å². The Balaban J connectivity index is 1.84. The van der Waals surface area contributed by atoms with Crippen LogP contribution in [0.3, 0.4) is 0 Å². The lowest BCUT2D eigenvalue weighted by molar-refractivity contribution is -0.146. The van der Waals surface area contributed by atoms with Gasteiger partial charge in [-0.2, -0.15) is 0 Å². The van der Waals surface area contributed by atoms with E-state index >= 15 is 0 Å². The first-order chi connectivity index (χ1) is 11.2. The van der Waals surface area contributed by atoms with Crippen molar-refractivity contribution in [1.29, 1.82) is 0 Å². The van der Waals surface area contributed by atoms with Crippen molar-refractivity contribution in [1.82, 2.24) is 19.8 Å². The number of aromatic nitrogens is 2. The van der Waals surface area contributed by atoms with Crippen LogP contribution in [0.2, 0.25) is 0 Å². The molecule has 0 N–H and O–H groups in total. The van der Waals surface area contributed by atoms with Crippen LogP contribution in [0.5, 0.6) is 0 Å². The number of piperidine rings is 1. The zero-order valence-electron chi connectivity index (χ0n) is 13.4. The van der Waals surface area contributed by atoms with Crippen molar-refractivity contribution in [2.75, 3.05) is 33.4 Å². The van der Waals surface area contributed by atoms with Gasteiger partial charge in [-0.3, -0.25) is 14.6 Å². The van der Waals surface area contributed by atoms with Gasteiger partial charge >= 0.3 is 0 Å². The molecule has 0 radical (unpaired) electrons. The minimum atomic E-state index is -0.708. The van der Waals surface area contributed by atoms with Gasteiger partial charge in [0.15, 0.2) is 0 Å². The molecular formula is C16H22N4O3. The van der Waals surface area contributed by atoms with Crippen LogP contribution in [0.25, 0.3) is 0 Å². The summed E-state index contributed by atoms with van der Waals surface area (Å²) in [6.45, 7) is 2.42. The fourth-order valence-electron chi connectivity index (χ4n) is 3.68. The Kier molecular flexibility index (Phi) is 4.56. The quantitative estimate of drug-likeness (QED) is 0.818. The van der Waals surface area contributed by atoms with E-state index in [0.29, 0.717) is 25.4 Å². The monoisotopic (exact) mass is 318 g/mol. The fraction of sp³-hybridized carbons (Fsp3) is 0.625. The average molecular weight is 318 g/mol. The number of carbonyl (C=O) groups excluding carboxylic acids is 2. The normalized spacial score (nSPS) is 24.5. The zero-order valence-corrected chi connectivity index (χ0v) is 13.4. The molecule has 1 aromatic rings. The van der Waals surface area contributed by atoms with Crippen LogP contribution in [0.15, 0.2) is 18.6 Å². The van der Waals surface area contributed by atoms with Gasteiger partial charge in [0, 0.05) is 39.1 Å². The minimum Gasteiger partial charge on any atom is -0.383 e. The summed E-state index contributed by atoms with van der Waals surface area (Å²) in [5.41, 5.74) is -0.406. The van der Waals surface area contributed by atoms with Crippen LogP contribution in [-0.4, -0.2) is 70.5 Å². The third-order valence-electron chi connectivity index (χ3n) is 4.79. The topological polar surface area (TPSA) is 75.6 Å². The van der Waals surface area contributed by atoms with Crippen molar-refractivity contribution in [3.63, 3.8) is 0 Å². The Labute approximate surface area is 135 Å².